The Labute approximate surface area is 175 Å². The van der Waals surface area contributed by atoms with Gasteiger partial charge < -0.3 is 19.4 Å². The molecule has 2 aromatic rings. The van der Waals surface area contributed by atoms with Gasteiger partial charge in [-0.3, -0.25) is 0 Å². The minimum Gasteiger partial charge on any atom is -0.466 e. The number of rotatable bonds is 9. The van der Waals surface area contributed by atoms with Crippen molar-refractivity contribution in [3.05, 3.63) is 53.5 Å². The monoisotopic (exact) mass is 422 g/mol. The van der Waals surface area contributed by atoms with Crippen molar-refractivity contribution in [2.24, 2.45) is 17.8 Å². The third-order valence-corrected chi connectivity index (χ3v) is 6.41. The molecule has 1 N–H and O–H groups in total. The molecule has 1 saturated heterocycles. The van der Waals surface area contributed by atoms with Crippen molar-refractivity contribution in [3.63, 3.8) is 0 Å². The largest absolute Gasteiger partial charge is 0.573 e. The minimum atomic E-state index is -4.65. The summed E-state index contributed by atoms with van der Waals surface area (Å²) in [5.74, 6) is 4.49. The quantitative estimate of drug-likeness (QED) is 0.621. The molecule has 0 bridgehead atoms. The van der Waals surface area contributed by atoms with Gasteiger partial charge in [0.05, 0.1) is 0 Å². The van der Waals surface area contributed by atoms with Crippen molar-refractivity contribution in [1.82, 2.24) is 10.2 Å². The van der Waals surface area contributed by atoms with Gasteiger partial charge in [0.15, 0.2) is 0 Å². The van der Waals surface area contributed by atoms with E-state index in [9.17, 15) is 13.2 Å². The second-order valence-electron chi connectivity index (χ2n) is 8.72. The number of likely N-dealkylation sites (tertiary alicyclic amines) is 1. The Kier molecular flexibility index (Phi) is 6.11. The van der Waals surface area contributed by atoms with Crippen molar-refractivity contribution < 1.29 is 22.3 Å². The summed E-state index contributed by atoms with van der Waals surface area (Å²) in [5.41, 5.74) is 0.798. The molecule has 1 aromatic heterocycles. The molecule has 164 valence electrons. The van der Waals surface area contributed by atoms with Crippen LogP contribution >= 0.6 is 0 Å². The van der Waals surface area contributed by atoms with Crippen LogP contribution in [0.25, 0.3) is 0 Å². The van der Waals surface area contributed by atoms with Crippen molar-refractivity contribution in [2.45, 2.75) is 39.1 Å². The Morgan fingerprint density at radius 2 is 1.97 bits per heavy atom. The van der Waals surface area contributed by atoms with E-state index in [0.717, 1.165) is 61.5 Å². The maximum Gasteiger partial charge on any atom is 0.573 e. The predicted molar refractivity (Wildman–Crippen MR) is 108 cm³/mol. The van der Waals surface area contributed by atoms with E-state index in [2.05, 4.69) is 27.9 Å². The number of fused-ring (bicyclic) bond motifs is 1. The zero-order chi connectivity index (χ0) is 21.3. The fraction of sp³-hybridized carbons (Fsp3) is 0.565. The molecule has 2 fully saturated rings. The molecule has 30 heavy (non-hydrogen) atoms. The molecule has 0 spiro atoms. The number of ether oxygens (including phenoxy) is 1. The summed E-state index contributed by atoms with van der Waals surface area (Å²) in [5, 5.41) is 3.40. The molecule has 1 aromatic carbocycles. The highest BCUT2D eigenvalue weighted by Gasteiger charge is 2.54. The highest BCUT2D eigenvalue weighted by atomic mass is 19.4. The lowest BCUT2D eigenvalue weighted by molar-refractivity contribution is -0.274. The van der Waals surface area contributed by atoms with E-state index in [1.54, 1.807) is 6.07 Å². The SMILES string of the molecule is Cc1ccc(C(C)CCN2CC3C(CNCc4cccc(OC(F)(F)F)c4)C3C2)o1. The molecule has 2 heterocycles. The predicted octanol–water partition coefficient (Wildman–Crippen LogP) is 4.95. The molecule has 1 saturated carbocycles. The van der Waals surface area contributed by atoms with Crippen LogP contribution in [0.2, 0.25) is 0 Å². The molecule has 0 amide bonds. The lowest BCUT2D eigenvalue weighted by atomic mass is 10.0. The fourth-order valence-corrected chi connectivity index (χ4v) is 4.69. The fourth-order valence-electron chi connectivity index (χ4n) is 4.69. The number of furan rings is 1. The van der Waals surface area contributed by atoms with Crippen LogP contribution in [0.4, 0.5) is 13.2 Å². The van der Waals surface area contributed by atoms with Gasteiger partial charge in [0.25, 0.3) is 0 Å². The molecule has 7 heteroatoms. The van der Waals surface area contributed by atoms with Crippen molar-refractivity contribution >= 4 is 0 Å². The normalized spacial score (nSPS) is 24.6. The zero-order valence-corrected chi connectivity index (χ0v) is 17.4. The van der Waals surface area contributed by atoms with E-state index in [0.29, 0.717) is 18.4 Å². The lowest BCUT2D eigenvalue weighted by Crippen LogP contribution is -2.29. The van der Waals surface area contributed by atoms with Crippen molar-refractivity contribution in [2.75, 3.05) is 26.2 Å². The van der Waals surface area contributed by atoms with Gasteiger partial charge in [-0.15, -0.1) is 13.2 Å². The molecule has 3 atom stereocenters. The van der Waals surface area contributed by atoms with E-state index >= 15 is 0 Å². The highest BCUT2D eigenvalue weighted by Crippen LogP contribution is 2.51. The summed E-state index contributed by atoms with van der Waals surface area (Å²) < 4.78 is 46.7. The first kappa shape index (κ1) is 21.2. The Morgan fingerprint density at radius 3 is 2.63 bits per heavy atom. The molecule has 3 unspecified atom stereocenters. The van der Waals surface area contributed by atoms with Crippen LogP contribution in [0, 0.1) is 24.7 Å². The average molecular weight is 422 g/mol. The molecule has 0 radical (unpaired) electrons. The molecule has 4 rings (SSSR count). The number of hydrogen-bond donors (Lipinski definition) is 1. The van der Waals surface area contributed by atoms with E-state index in [4.69, 9.17) is 4.42 Å². The summed E-state index contributed by atoms with van der Waals surface area (Å²) in [7, 11) is 0. The minimum absolute atomic E-state index is 0.167. The lowest BCUT2D eigenvalue weighted by Gasteiger charge is -2.21. The Bertz CT molecular complexity index is 839. The van der Waals surface area contributed by atoms with Crippen molar-refractivity contribution in [1.29, 1.82) is 0 Å². The second-order valence-corrected chi connectivity index (χ2v) is 8.72. The molecule has 1 aliphatic carbocycles. The number of benzene rings is 1. The standard InChI is InChI=1S/C23H29F3N2O2/c1-15(22-7-6-16(2)29-22)8-9-28-13-20-19(21(20)14-28)12-27-11-17-4-3-5-18(10-17)30-23(24,25)26/h3-7,10,15,19-21,27H,8-9,11-14H2,1-2H3. The first-order chi connectivity index (χ1) is 14.3. The molecule has 1 aliphatic heterocycles. The van der Waals surface area contributed by atoms with Gasteiger partial charge in [0.1, 0.15) is 17.3 Å². The number of piperidine rings is 1. The van der Waals surface area contributed by atoms with Gasteiger partial charge in [-0.05, 0) is 74.0 Å². The van der Waals surface area contributed by atoms with Crippen LogP contribution in [-0.2, 0) is 6.54 Å². The van der Waals surface area contributed by atoms with Gasteiger partial charge >= 0.3 is 6.36 Å². The van der Waals surface area contributed by atoms with Crippen LogP contribution in [0.3, 0.4) is 0 Å². The van der Waals surface area contributed by atoms with E-state index in [1.807, 2.05) is 19.1 Å². The summed E-state index contributed by atoms with van der Waals surface area (Å²) in [6, 6.07) is 10.3. The number of nitrogens with zero attached hydrogens (tertiary/aromatic N) is 1. The molecular weight excluding hydrogens is 393 g/mol. The second kappa shape index (κ2) is 8.63. The zero-order valence-electron chi connectivity index (χ0n) is 17.4. The third-order valence-electron chi connectivity index (χ3n) is 6.41. The van der Waals surface area contributed by atoms with E-state index < -0.39 is 6.36 Å². The summed E-state index contributed by atoms with van der Waals surface area (Å²) in [6.45, 7) is 9.05. The summed E-state index contributed by atoms with van der Waals surface area (Å²) >= 11 is 0. The van der Waals surface area contributed by atoms with Gasteiger partial charge in [-0.25, -0.2) is 0 Å². The number of halogens is 3. The van der Waals surface area contributed by atoms with Gasteiger partial charge in [0.2, 0.25) is 0 Å². The number of hydrogen-bond acceptors (Lipinski definition) is 4. The highest BCUT2D eigenvalue weighted by molar-refractivity contribution is 5.28. The molecule has 2 aliphatic rings. The number of nitrogens with one attached hydrogen (secondary N) is 1. The van der Waals surface area contributed by atoms with Gasteiger partial charge in [-0.2, -0.15) is 0 Å². The smallest absolute Gasteiger partial charge is 0.466 e. The molecule has 4 nitrogen and oxygen atoms in total. The number of alkyl halides is 3. The van der Waals surface area contributed by atoms with Crippen LogP contribution in [0.5, 0.6) is 5.75 Å². The number of aryl methyl sites for hydroxylation is 1. The average Bonchev–Trinajstić information content (AvgIpc) is 3.01. The topological polar surface area (TPSA) is 37.6 Å². The van der Waals surface area contributed by atoms with Crippen molar-refractivity contribution in [3.8, 4) is 5.75 Å². The Morgan fingerprint density at radius 1 is 1.20 bits per heavy atom. The van der Waals surface area contributed by atoms with Crippen LogP contribution in [0.1, 0.15) is 36.3 Å². The van der Waals surface area contributed by atoms with Crippen LogP contribution in [-0.4, -0.2) is 37.4 Å². The van der Waals surface area contributed by atoms with Crippen LogP contribution < -0.4 is 10.1 Å². The molecular formula is C23H29F3N2O2. The van der Waals surface area contributed by atoms with Gasteiger partial charge in [-0.1, -0.05) is 19.1 Å². The first-order valence-electron chi connectivity index (χ1n) is 10.6. The maximum absolute atomic E-state index is 12.3. The Hall–Kier alpha value is -1.99. The van der Waals surface area contributed by atoms with Gasteiger partial charge in [0, 0.05) is 25.6 Å². The Balaban J connectivity index is 1.14. The van der Waals surface area contributed by atoms with E-state index in [-0.39, 0.29) is 5.75 Å². The third kappa shape index (κ3) is 5.38. The maximum atomic E-state index is 12.3. The van der Waals surface area contributed by atoms with E-state index in [1.165, 1.54) is 12.1 Å². The summed E-state index contributed by atoms with van der Waals surface area (Å²) in [6.07, 6.45) is -3.55. The first-order valence-corrected chi connectivity index (χ1v) is 10.6. The summed E-state index contributed by atoms with van der Waals surface area (Å²) in [4.78, 5) is 2.55. The van der Waals surface area contributed by atoms with Crippen LogP contribution in [0.15, 0.2) is 40.8 Å².